The van der Waals surface area contributed by atoms with Crippen LogP contribution < -0.4 is 35.9 Å². The van der Waals surface area contributed by atoms with Crippen LogP contribution in [-0.2, 0) is 4.79 Å². The number of aldehydes is 1. The monoisotopic (exact) mass is 539 g/mol. The fourth-order valence-electron chi connectivity index (χ4n) is 5.22. The van der Waals surface area contributed by atoms with Crippen LogP contribution in [0.1, 0.15) is 6.42 Å². The summed E-state index contributed by atoms with van der Waals surface area (Å²) in [6.07, 6.45) is 0.245. The topological polar surface area (TPSA) is 107 Å². The molecule has 0 fully saturated rings. The molecule has 1 heterocycles. The van der Waals surface area contributed by atoms with Gasteiger partial charge in [-0.3, -0.25) is 15.6 Å². The number of nitrogens with one attached hydrogen (secondary N) is 4. The molecule has 0 bridgehead atoms. The molecule has 0 radical (unpaired) electrons. The molecule has 0 amide bonds. The Morgan fingerprint density at radius 2 is 1.74 bits per heavy atom. The molecule has 1 aliphatic rings. The van der Waals surface area contributed by atoms with E-state index in [0.29, 0.717) is 22.2 Å². The Kier molecular flexibility index (Phi) is 8.44. The number of likely N-dealkylation sites (N-methyl/N-ethyl adjacent to an activating group) is 2. The van der Waals surface area contributed by atoms with Gasteiger partial charge >= 0.3 is 0 Å². The van der Waals surface area contributed by atoms with Crippen LogP contribution in [0.25, 0.3) is 11.1 Å². The number of hydrogen-bond acceptors (Lipinski definition) is 9. The lowest BCUT2D eigenvalue weighted by Crippen LogP contribution is -2.86. The zero-order chi connectivity index (χ0) is 27.3. The zero-order valence-electron chi connectivity index (χ0n) is 21.9. The molecule has 3 aromatic carbocycles. The van der Waals surface area contributed by atoms with Gasteiger partial charge in [0, 0.05) is 20.1 Å². The van der Waals surface area contributed by atoms with E-state index in [1.165, 1.54) is 0 Å². The summed E-state index contributed by atoms with van der Waals surface area (Å²) in [5, 5.41) is 22.4. The molecular formula is C28H34ClN5O4. The molecule has 10 heteroatoms. The number of carbonyl (C=O) groups excluding carboxylic acids is 1. The summed E-state index contributed by atoms with van der Waals surface area (Å²) in [6.45, 7) is -0.189. The number of rotatable bonds is 11. The lowest BCUT2D eigenvalue weighted by molar-refractivity contribution is -0.121. The number of hydrazine groups is 1. The second kappa shape index (κ2) is 11.6. The van der Waals surface area contributed by atoms with E-state index in [4.69, 9.17) is 21.1 Å². The molecule has 0 spiro atoms. The number of hydrogen-bond donors (Lipinski definition) is 5. The van der Waals surface area contributed by atoms with E-state index in [1.807, 2.05) is 60.7 Å². The largest absolute Gasteiger partial charge is 0.495 e. The van der Waals surface area contributed by atoms with Crippen molar-refractivity contribution in [2.75, 3.05) is 45.2 Å². The fourth-order valence-corrected chi connectivity index (χ4v) is 5.41. The van der Waals surface area contributed by atoms with E-state index in [0.717, 1.165) is 23.1 Å². The Bertz CT molecular complexity index is 1260. The predicted molar refractivity (Wildman–Crippen MR) is 151 cm³/mol. The maximum Gasteiger partial charge on any atom is 0.198 e. The number of benzene rings is 3. The fraction of sp³-hybridized carbons (Fsp3) is 0.321. The minimum Gasteiger partial charge on any atom is -0.495 e. The molecule has 0 aromatic heterocycles. The third-order valence-corrected chi connectivity index (χ3v) is 7.39. The molecule has 4 rings (SSSR count). The smallest absolute Gasteiger partial charge is 0.198 e. The Morgan fingerprint density at radius 1 is 1.05 bits per heavy atom. The first kappa shape index (κ1) is 27.7. The van der Waals surface area contributed by atoms with Gasteiger partial charge in [0.05, 0.1) is 23.5 Å². The van der Waals surface area contributed by atoms with Crippen molar-refractivity contribution in [1.82, 2.24) is 16.1 Å². The molecule has 2 unspecified atom stereocenters. The van der Waals surface area contributed by atoms with E-state index in [2.05, 4.69) is 21.4 Å². The highest BCUT2D eigenvalue weighted by Gasteiger charge is 2.63. The standard InChI is InChI=1S/C28H34ClN5O4/c1-30-28(31-2)27(18-36,26(14-15-35)38-21-8-6-5-7-9-21)34(32-3)24-16-19(11-13-23(24)33-28)20-10-12-22(29)25(17-20)37-4/h5-13,16-18,26,30-33,35H,14-15H2,1-4H3. The van der Waals surface area contributed by atoms with Gasteiger partial charge in [-0.05, 0) is 61.6 Å². The van der Waals surface area contributed by atoms with E-state index in [-0.39, 0.29) is 13.0 Å². The molecule has 0 aliphatic carbocycles. The van der Waals surface area contributed by atoms with Gasteiger partial charge in [0.15, 0.2) is 17.6 Å². The first-order valence-electron chi connectivity index (χ1n) is 12.3. The predicted octanol–water partition coefficient (Wildman–Crippen LogP) is 3.24. The SMILES string of the molecule is CNN1c2cc(-c3ccc(Cl)c(OC)c3)ccc2NC(NC)(NC)C1(C=O)C(CCO)Oc1ccccc1. The lowest BCUT2D eigenvalue weighted by atomic mass is 9.79. The Balaban J connectivity index is 1.91. The summed E-state index contributed by atoms with van der Waals surface area (Å²) in [5.41, 5.74) is 5.09. The van der Waals surface area contributed by atoms with E-state index in [9.17, 15) is 9.90 Å². The quantitative estimate of drug-likeness (QED) is 0.185. The number of anilines is 2. The van der Waals surface area contributed by atoms with Crippen molar-refractivity contribution in [1.29, 1.82) is 0 Å². The van der Waals surface area contributed by atoms with Gasteiger partial charge < -0.3 is 24.7 Å². The van der Waals surface area contributed by atoms with E-state index >= 15 is 0 Å². The number of para-hydroxylation sites is 1. The summed E-state index contributed by atoms with van der Waals surface area (Å²) in [4.78, 5) is 13.4. The Morgan fingerprint density at radius 3 is 2.34 bits per heavy atom. The second-order valence-corrected chi connectivity index (χ2v) is 9.30. The van der Waals surface area contributed by atoms with Crippen LogP contribution in [-0.4, -0.2) is 63.7 Å². The Labute approximate surface area is 228 Å². The number of halogens is 1. The number of fused-ring (bicyclic) bond motifs is 1. The normalized spacial score (nSPS) is 18.7. The molecule has 38 heavy (non-hydrogen) atoms. The van der Waals surface area contributed by atoms with Gasteiger partial charge in [0.1, 0.15) is 17.6 Å². The summed E-state index contributed by atoms with van der Waals surface area (Å²) >= 11 is 6.26. The summed E-state index contributed by atoms with van der Waals surface area (Å²) < 4.78 is 11.8. The summed E-state index contributed by atoms with van der Waals surface area (Å²) in [6, 6.07) is 20.7. The average Bonchev–Trinajstić information content (AvgIpc) is 2.96. The van der Waals surface area contributed by atoms with Crippen molar-refractivity contribution in [2.45, 2.75) is 23.9 Å². The molecule has 1 aliphatic heterocycles. The van der Waals surface area contributed by atoms with Crippen LogP contribution >= 0.6 is 11.6 Å². The maximum absolute atomic E-state index is 13.4. The van der Waals surface area contributed by atoms with Crippen molar-refractivity contribution in [3.8, 4) is 22.6 Å². The highest BCUT2D eigenvalue weighted by Crippen LogP contribution is 2.45. The number of aliphatic hydroxyl groups excluding tert-OH is 1. The van der Waals surface area contributed by atoms with Gasteiger partial charge in [-0.1, -0.05) is 41.9 Å². The summed E-state index contributed by atoms with van der Waals surface area (Å²) in [5.74, 6) is -0.0433. The molecule has 3 aromatic rings. The number of methoxy groups -OCH3 is 1. The number of nitrogens with zero attached hydrogens (tertiary/aromatic N) is 1. The first-order chi connectivity index (χ1) is 18.4. The van der Waals surface area contributed by atoms with Crippen molar-refractivity contribution >= 4 is 29.3 Å². The van der Waals surface area contributed by atoms with Gasteiger partial charge in [-0.2, -0.15) is 0 Å². The first-order valence-corrected chi connectivity index (χ1v) is 12.7. The van der Waals surface area contributed by atoms with Crippen molar-refractivity contribution in [3.05, 3.63) is 71.8 Å². The van der Waals surface area contributed by atoms with E-state index in [1.54, 1.807) is 39.3 Å². The molecule has 5 N–H and O–H groups in total. The minimum absolute atomic E-state index is 0.183. The number of carbonyl (C=O) groups is 1. The highest BCUT2D eigenvalue weighted by molar-refractivity contribution is 6.32. The van der Waals surface area contributed by atoms with Gasteiger partial charge in [-0.15, -0.1) is 0 Å². The van der Waals surface area contributed by atoms with Crippen LogP contribution in [0.5, 0.6) is 11.5 Å². The average molecular weight is 540 g/mol. The van der Waals surface area contributed by atoms with E-state index < -0.39 is 17.4 Å². The minimum atomic E-state index is -1.42. The molecular weight excluding hydrogens is 506 g/mol. The van der Waals surface area contributed by atoms with Crippen LogP contribution in [0.15, 0.2) is 66.7 Å². The molecule has 0 saturated carbocycles. The van der Waals surface area contributed by atoms with Gasteiger partial charge in [0.25, 0.3) is 0 Å². The number of ether oxygens (including phenoxy) is 2. The second-order valence-electron chi connectivity index (χ2n) is 8.89. The third kappa shape index (κ3) is 4.57. The lowest BCUT2D eigenvalue weighted by Gasteiger charge is -2.59. The van der Waals surface area contributed by atoms with Crippen molar-refractivity contribution < 1.29 is 19.4 Å². The summed E-state index contributed by atoms with van der Waals surface area (Å²) in [7, 11) is 6.84. The third-order valence-electron chi connectivity index (χ3n) is 7.07. The van der Waals surface area contributed by atoms with Crippen molar-refractivity contribution in [2.24, 2.45) is 0 Å². The maximum atomic E-state index is 13.4. The van der Waals surface area contributed by atoms with Crippen molar-refractivity contribution in [3.63, 3.8) is 0 Å². The highest BCUT2D eigenvalue weighted by atomic mass is 35.5. The molecule has 9 nitrogen and oxygen atoms in total. The van der Waals surface area contributed by atoms with Gasteiger partial charge in [-0.25, -0.2) is 5.43 Å². The van der Waals surface area contributed by atoms with Gasteiger partial charge in [0.2, 0.25) is 0 Å². The van der Waals surface area contributed by atoms with Crippen LogP contribution in [0.2, 0.25) is 5.02 Å². The zero-order valence-corrected chi connectivity index (χ0v) is 22.7. The number of aliphatic hydroxyl groups is 1. The molecule has 0 saturated heterocycles. The molecule has 202 valence electrons. The Hall–Kier alpha value is -3.34. The van der Waals surface area contributed by atoms with Crippen LogP contribution in [0.3, 0.4) is 0 Å². The van der Waals surface area contributed by atoms with Crippen LogP contribution in [0, 0.1) is 0 Å². The van der Waals surface area contributed by atoms with Crippen LogP contribution in [0.4, 0.5) is 11.4 Å². The molecule has 2 atom stereocenters.